The van der Waals surface area contributed by atoms with Crippen LogP contribution in [0.25, 0.3) is 0 Å². The number of aliphatic hydroxyl groups is 3. The Morgan fingerprint density at radius 1 is 1.03 bits per heavy atom. The van der Waals surface area contributed by atoms with Gasteiger partial charge in [-0.2, -0.15) is 0 Å². The molecule has 5 nitrogen and oxygen atoms in total. The van der Waals surface area contributed by atoms with Crippen LogP contribution in [-0.2, 0) is 16.0 Å². The maximum atomic E-state index is 11.5. The molecule has 0 bridgehead atoms. The zero-order valence-electron chi connectivity index (χ0n) is 20.4. The fraction of sp³-hybridized carbons (Fsp3) is 0.690. The van der Waals surface area contributed by atoms with E-state index in [1.165, 1.54) is 5.56 Å². The van der Waals surface area contributed by atoms with Gasteiger partial charge in [-0.3, -0.25) is 4.79 Å². The van der Waals surface area contributed by atoms with Crippen LogP contribution in [0.3, 0.4) is 0 Å². The van der Waals surface area contributed by atoms with E-state index in [1.807, 2.05) is 32.0 Å². The zero-order chi connectivity index (χ0) is 24.1. The third-order valence-corrected chi connectivity index (χ3v) is 6.66. The summed E-state index contributed by atoms with van der Waals surface area (Å²) in [7, 11) is 0. The minimum absolute atomic E-state index is 0. The van der Waals surface area contributed by atoms with Crippen molar-refractivity contribution >= 4 is 5.97 Å². The van der Waals surface area contributed by atoms with Gasteiger partial charge >= 0.3 is 5.97 Å². The molecule has 0 aromatic heterocycles. The van der Waals surface area contributed by atoms with Crippen LogP contribution in [0.2, 0.25) is 0 Å². The standard InChI is InChI=1S/C28H44O5.CH4/c1-21(2)33-28(32)15-11-6-4-3-5-10-14-24-25(27(31)20-26(24)30)19-18-23(29)17-16-22-12-8-7-9-13-22;/h5,7-10,12-13,21,23-27,29-31H,3-4,6,11,14-20H2,1-2H3;1H4/b10-5-;/t23-,24+,25+,26-,27+;/m0./s1. The minimum atomic E-state index is -0.495. The molecule has 5 heteroatoms. The number of carbonyl (C=O) groups is 1. The summed E-state index contributed by atoms with van der Waals surface area (Å²) in [6, 6.07) is 10.2. The van der Waals surface area contributed by atoms with Crippen LogP contribution in [0.5, 0.6) is 0 Å². The second kappa shape index (κ2) is 16.9. The largest absolute Gasteiger partial charge is 0.463 e. The van der Waals surface area contributed by atoms with Gasteiger partial charge in [0.1, 0.15) is 0 Å². The summed E-state index contributed by atoms with van der Waals surface area (Å²) in [5.41, 5.74) is 1.23. The number of esters is 1. The lowest BCUT2D eigenvalue weighted by Crippen LogP contribution is -2.23. The number of hydrogen-bond donors (Lipinski definition) is 3. The van der Waals surface area contributed by atoms with Gasteiger partial charge in [-0.05, 0) is 89.0 Å². The first kappa shape index (κ1) is 30.3. The molecule has 0 radical (unpaired) electrons. The van der Waals surface area contributed by atoms with Gasteiger partial charge in [0.05, 0.1) is 24.4 Å². The number of aliphatic hydroxyl groups excluding tert-OH is 3. The van der Waals surface area contributed by atoms with Crippen molar-refractivity contribution in [3.8, 4) is 0 Å². The van der Waals surface area contributed by atoms with Gasteiger partial charge in [-0.15, -0.1) is 0 Å². The fourth-order valence-electron chi connectivity index (χ4n) is 4.81. The lowest BCUT2D eigenvalue weighted by molar-refractivity contribution is -0.147. The molecule has 0 aliphatic heterocycles. The van der Waals surface area contributed by atoms with Crippen LogP contribution in [0.15, 0.2) is 42.5 Å². The van der Waals surface area contributed by atoms with Gasteiger partial charge < -0.3 is 20.1 Å². The summed E-state index contributed by atoms with van der Waals surface area (Å²) in [5.74, 6) is -0.0445. The molecule has 0 amide bonds. The molecular weight excluding hydrogens is 428 g/mol. The smallest absolute Gasteiger partial charge is 0.306 e. The van der Waals surface area contributed by atoms with E-state index in [0.717, 1.165) is 51.4 Å². The number of hydrogen-bond acceptors (Lipinski definition) is 5. The molecule has 34 heavy (non-hydrogen) atoms. The Morgan fingerprint density at radius 3 is 2.44 bits per heavy atom. The molecular formula is C29H48O5. The van der Waals surface area contributed by atoms with Crippen molar-refractivity contribution in [2.45, 2.75) is 116 Å². The van der Waals surface area contributed by atoms with Crippen LogP contribution < -0.4 is 0 Å². The number of unbranched alkanes of at least 4 members (excludes halogenated alkanes) is 3. The molecule has 0 unspecified atom stereocenters. The molecule has 0 heterocycles. The van der Waals surface area contributed by atoms with Crippen molar-refractivity contribution in [1.29, 1.82) is 0 Å². The molecule has 2 rings (SSSR count). The fourth-order valence-corrected chi connectivity index (χ4v) is 4.81. The highest BCUT2D eigenvalue weighted by molar-refractivity contribution is 5.69. The Kier molecular flexibility index (Phi) is 15.0. The Hall–Kier alpha value is -1.69. The first-order valence-electron chi connectivity index (χ1n) is 12.8. The van der Waals surface area contributed by atoms with Gasteiger partial charge in [-0.1, -0.05) is 56.3 Å². The second-order valence-electron chi connectivity index (χ2n) is 9.80. The Bertz CT molecular complexity index is 687. The molecule has 3 N–H and O–H groups in total. The van der Waals surface area contributed by atoms with E-state index >= 15 is 0 Å². The predicted molar refractivity (Wildman–Crippen MR) is 138 cm³/mol. The number of rotatable bonds is 15. The molecule has 194 valence electrons. The lowest BCUT2D eigenvalue weighted by atomic mass is 9.85. The molecule has 1 fully saturated rings. The average Bonchev–Trinajstić information content (AvgIpc) is 3.05. The van der Waals surface area contributed by atoms with Crippen molar-refractivity contribution < 1.29 is 24.9 Å². The number of aryl methyl sites for hydroxylation is 1. The highest BCUT2D eigenvalue weighted by Crippen LogP contribution is 2.38. The molecule has 1 aromatic carbocycles. The van der Waals surface area contributed by atoms with Gasteiger partial charge in [0.25, 0.3) is 0 Å². The van der Waals surface area contributed by atoms with E-state index in [1.54, 1.807) is 0 Å². The number of ether oxygens (including phenoxy) is 1. The first-order chi connectivity index (χ1) is 15.9. The van der Waals surface area contributed by atoms with E-state index in [0.29, 0.717) is 19.3 Å². The van der Waals surface area contributed by atoms with Crippen LogP contribution >= 0.6 is 0 Å². The Balaban J connectivity index is 0.00000578. The van der Waals surface area contributed by atoms with Gasteiger partial charge in [0, 0.05) is 6.42 Å². The summed E-state index contributed by atoms with van der Waals surface area (Å²) in [4.78, 5) is 11.5. The van der Waals surface area contributed by atoms with Crippen molar-refractivity contribution in [2.75, 3.05) is 0 Å². The second-order valence-corrected chi connectivity index (χ2v) is 9.80. The highest BCUT2D eigenvalue weighted by Gasteiger charge is 2.40. The molecule has 0 saturated heterocycles. The summed E-state index contributed by atoms with van der Waals surface area (Å²) in [6.45, 7) is 3.73. The SMILES string of the molecule is C.CC(C)OC(=O)CCCCC/C=C\C[C@@H]1[C@@H](CC[C@@H](O)CCc2ccccc2)[C@H](O)C[C@@H]1O. The summed E-state index contributed by atoms with van der Waals surface area (Å²) in [6.07, 6.45) is 11.3. The lowest BCUT2D eigenvalue weighted by Gasteiger charge is -2.23. The average molecular weight is 477 g/mol. The predicted octanol–water partition coefficient (Wildman–Crippen LogP) is 5.60. The van der Waals surface area contributed by atoms with E-state index in [9.17, 15) is 20.1 Å². The van der Waals surface area contributed by atoms with E-state index < -0.39 is 12.2 Å². The van der Waals surface area contributed by atoms with Crippen molar-refractivity contribution in [3.63, 3.8) is 0 Å². The molecule has 1 aliphatic carbocycles. The highest BCUT2D eigenvalue weighted by atomic mass is 16.5. The molecule has 5 atom stereocenters. The van der Waals surface area contributed by atoms with Crippen LogP contribution in [0.4, 0.5) is 0 Å². The van der Waals surface area contributed by atoms with Crippen LogP contribution in [0.1, 0.15) is 91.0 Å². The zero-order valence-corrected chi connectivity index (χ0v) is 20.4. The third-order valence-electron chi connectivity index (χ3n) is 6.66. The maximum Gasteiger partial charge on any atom is 0.306 e. The number of carbonyl (C=O) groups excluding carboxylic acids is 1. The normalized spacial score (nSPS) is 23.2. The topological polar surface area (TPSA) is 87.0 Å². The van der Waals surface area contributed by atoms with Crippen LogP contribution in [0, 0.1) is 11.8 Å². The number of benzene rings is 1. The molecule has 1 saturated carbocycles. The van der Waals surface area contributed by atoms with Crippen LogP contribution in [-0.4, -0.2) is 45.7 Å². The van der Waals surface area contributed by atoms with Gasteiger partial charge in [0.2, 0.25) is 0 Å². The minimum Gasteiger partial charge on any atom is -0.463 e. The Morgan fingerprint density at radius 2 is 1.74 bits per heavy atom. The van der Waals surface area contributed by atoms with Crippen molar-refractivity contribution in [1.82, 2.24) is 0 Å². The van der Waals surface area contributed by atoms with Gasteiger partial charge in [-0.25, -0.2) is 0 Å². The van der Waals surface area contributed by atoms with E-state index in [-0.39, 0.29) is 37.4 Å². The third kappa shape index (κ3) is 11.6. The molecule has 1 aromatic rings. The molecule has 0 spiro atoms. The quantitative estimate of drug-likeness (QED) is 0.174. The monoisotopic (exact) mass is 476 g/mol. The number of allylic oxidation sites excluding steroid dienone is 2. The summed E-state index contributed by atoms with van der Waals surface area (Å²) < 4.78 is 5.14. The Labute approximate surface area is 207 Å². The first-order valence-corrected chi connectivity index (χ1v) is 12.8. The molecule has 1 aliphatic rings. The van der Waals surface area contributed by atoms with E-state index in [4.69, 9.17) is 4.74 Å². The summed E-state index contributed by atoms with van der Waals surface area (Å²) in [5, 5.41) is 31.3. The summed E-state index contributed by atoms with van der Waals surface area (Å²) >= 11 is 0. The van der Waals surface area contributed by atoms with Gasteiger partial charge in [0.15, 0.2) is 0 Å². The van der Waals surface area contributed by atoms with Crippen molar-refractivity contribution in [2.24, 2.45) is 11.8 Å². The van der Waals surface area contributed by atoms with Crippen molar-refractivity contribution in [3.05, 3.63) is 48.0 Å². The van der Waals surface area contributed by atoms with E-state index in [2.05, 4.69) is 24.3 Å². The maximum absolute atomic E-state index is 11.5.